The Balaban J connectivity index is 2.02. The fraction of sp³-hybridized carbons (Fsp3) is 0.533. The van der Waals surface area contributed by atoms with Crippen molar-refractivity contribution >= 4 is 11.9 Å². The first kappa shape index (κ1) is 15.4. The van der Waals surface area contributed by atoms with Crippen LogP contribution in [0, 0.1) is 5.92 Å². The monoisotopic (exact) mass is 291 g/mol. The van der Waals surface area contributed by atoms with E-state index in [1.165, 1.54) is 13.3 Å². The van der Waals surface area contributed by atoms with Gasteiger partial charge in [-0.15, -0.1) is 0 Å². The largest absolute Gasteiger partial charge is 0.465 e. The normalized spacial score (nSPS) is 22.8. The third kappa shape index (κ3) is 3.78. The van der Waals surface area contributed by atoms with Crippen molar-refractivity contribution in [2.75, 3.05) is 13.7 Å². The van der Waals surface area contributed by atoms with Crippen LogP contribution >= 0.6 is 0 Å². The Hall–Kier alpha value is -1.95. The molecule has 1 aromatic heterocycles. The summed E-state index contributed by atoms with van der Waals surface area (Å²) in [6.45, 7) is 3.45. The molecule has 21 heavy (non-hydrogen) atoms. The number of primary amides is 1. The Bertz CT molecular complexity index is 515. The molecule has 0 spiro atoms. The highest BCUT2D eigenvalue weighted by Crippen LogP contribution is 2.23. The first-order valence-corrected chi connectivity index (χ1v) is 7.08. The van der Waals surface area contributed by atoms with E-state index < -0.39 is 5.97 Å². The van der Waals surface area contributed by atoms with E-state index in [-0.39, 0.29) is 11.8 Å². The second kappa shape index (κ2) is 6.67. The number of pyridine rings is 1. The summed E-state index contributed by atoms with van der Waals surface area (Å²) >= 11 is 0. The van der Waals surface area contributed by atoms with Crippen molar-refractivity contribution in [1.82, 2.24) is 9.88 Å². The molecule has 2 N–H and O–H groups in total. The lowest BCUT2D eigenvalue weighted by Crippen LogP contribution is -2.45. The molecule has 1 fully saturated rings. The van der Waals surface area contributed by atoms with Crippen molar-refractivity contribution in [2.45, 2.75) is 32.4 Å². The molecular formula is C15H21N3O3. The quantitative estimate of drug-likeness (QED) is 0.835. The van der Waals surface area contributed by atoms with Crippen LogP contribution in [-0.4, -0.2) is 41.5 Å². The Morgan fingerprint density at radius 2 is 2.19 bits per heavy atom. The van der Waals surface area contributed by atoms with Crippen LogP contribution in [0.3, 0.4) is 0 Å². The van der Waals surface area contributed by atoms with Crippen LogP contribution in [0.5, 0.6) is 0 Å². The standard InChI is InChI=1S/C15H21N3O3/c1-10-3-4-12(14(16)19)8-18(10)9-13-6-5-11(7-17-13)15(20)21-2/h5-7,10,12H,3-4,8-9H2,1-2H3,(H2,16,19). The second-order valence-corrected chi connectivity index (χ2v) is 5.48. The highest BCUT2D eigenvalue weighted by Gasteiger charge is 2.28. The molecule has 6 nitrogen and oxygen atoms in total. The second-order valence-electron chi connectivity index (χ2n) is 5.48. The average Bonchev–Trinajstić information content (AvgIpc) is 2.49. The molecule has 0 bridgehead atoms. The van der Waals surface area contributed by atoms with E-state index in [2.05, 4.69) is 21.5 Å². The fourth-order valence-electron chi connectivity index (χ4n) is 2.60. The van der Waals surface area contributed by atoms with Gasteiger partial charge in [-0.1, -0.05) is 0 Å². The minimum Gasteiger partial charge on any atom is -0.465 e. The van der Waals surface area contributed by atoms with Gasteiger partial charge in [0, 0.05) is 25.3 Å². The zero-order chi connectivity index (χ0) is 15.4. The van der Waals surface area contributed by atoms with Gasteiger partial charge < -0.3 is 10.5 Å². The summed E-state index contributed by atoms with van der Waals surface area (Å²) in [5.41, 5.74) is 6.70. The van der Waals surface area contributed by atoms with Gasteiger partial charge in [0.05, 0.1) is 24.3 Å². The molecule has 0 aliphatic carbocycles. The van der Waals surface area contributed by atoms with E-state index in [1.807, 2.05) is 6.07 Å². The molecule has 1 saturated heterocycles. The first-order chi connectivity index (χ1) is 10.0. The van der Waals surface area contributed by atoms with Crippen LogP contribution in [0.15, 0.2) is 18.3 Å². The number of likely N-dealkylation sites (tertiary alicyclic amines) is 1. The Morgan fingerprint density at radius 3 is 2.76 bits per heavy atom. The number of carbonyl (C=O) groups is 2. The molecule has 1 aromatic rings. The highest BCUT2D eigenvalue weighted by molar-refractivity contribution is 5.88. The number of aromatic nitrogens is 1. The molecule has 2 rings (SSSR count). The molecule has 2 heterocycles. The van der Waals surface area contributed by atoms with Crippen LogP contribution < -0.4 is 5.73 Å². The van der Waals surface area contributed by atoms with Crippen LogP contribution in [0.2, 0.25) is 0 Å². The number of rotatable bonds is 4. The van der Waals surface area contributed by atoms with E-state index >= 15 is 0 Å². The molecule has 114 valence electrons. The highest BCUT2D eigenvalue weighted by atomic mass is 16.5. The van der Waals surface area contributed by atoms with Gasteiger partial charge in [0.25, 0.3) is 0 Å². The van der Waals surface area contributed by atoms with Crippen molar-refractivity contribution in [3.05, 3.63) is 29.6 Å². The lowest BCUT2D eigenvalue weighted by molar-refractivity contribution is -0.124. The zero-order valence-electron chi connectivity index (χ0n) is 12.4. The summed E-state index contributed by atoms with van der Waals surface area (Å²) in [5, 5.41) is 0. The number of nitrogens with zero attached hydrogens (tertiary/aromatic N) is 2. The molecule has 0 radical (unpaired) electrons. The minimum atomic E-state index is -0.394. The average molecular weight is 291 g/mol. The van der Waals surface area contributed by atoms with E-state index in [1.54, 1.807) is 6.07 Å². The SMILES string of the molecule is COC(=O)c1ccc(CN2CC(C(N)=O)CCC2C)nc1. The van der Waals surface area contributed by atoms with Crippen LogP contribution in [0.25, 0.3) is 0 Å². The first-order valence-electron chi connectivity index (χ1n) is 7.08. The molecule has 1 aliphatic rings. The molecule has 2 unspecified atom stereocenters. The van der Waals surface area contributed by atoms with Crippen molar-refractivity contribution in [2.24, 2.45) is 11.7 Å². The Kier molecular flexibility index (Phi) is 4.90. The number of carbonyl (C=O) groups excluding carboxylic acids is 2. The molecular weight excluding hydrogens is 270 g/mol. The minimum absolute atomic E-state index is 0.0875. The number of methoxy groups -OCH3 is 1. The maximum atomic E-state index is 11.4. The molecule has 0 aromatic carbocycles. The van der Waals surface area contributed by atoms with E-state index in [9.17, 15) is 9.59 Å². The number of hydrogen-bond donors (Lipinski definition) is 1. The number of nitrogens with two attached hydrogens (primary N) is 1. The van der Waals surface area contributed by atoms with Gasteiger partial charge in [-0.05, 0) is 31.9 Å². The number of hydrogen-bond acceptors (Lipinski definition) is 5. The van der Waals surface area contributed by atoms with Gasteiger partial charge >= 0.3 is 5.97 Å². The molecule has 6 heteroatoms. The summed E-state index contributed by atoms with van der Waals surface area (Å²) in [6.07, 6.45) is 3.32. The van der Waals surface area contributed by atoms with Crippen molar-refractivity contribution in [1.29, 1.82) is 0 Å². The molecule has 0 saturated carbocycles. The van der Waals surface area contributed by atoms with E-state index in [0.717, 1.165) is 18.5 Å². The Labute approximate surface area is 124 Å². The van der Waals surface area contributed by atoms with Gasteiger partial charge in [0.2, 0.25) is 5.91 Å². The number of piperidine rings is 1. The molecule has 2 atom stereocenters. The van der Waals surface area contributed by atoms with Gasteiger partial charge in [-0.25, -0.2) is 4.79 Å². The maximum Gasteiger partial charge on any atom is 0.339 e. The van der Waals surface area contributed by atoms with Crippen LogP contribution in [-0.2, 0) is 16.1 Å². The van der Waals surface area contributed by atoms with Gasteiger partial charge in [-0.3, -0.25) is 14.7 Å². The smallest absolute Gasteiger partial charge is 0.339 e. The maximum absolute atomic E-state index is 11.4. The third-order valence-corrected chi connectivity index (χ3v) is 4.02. The molecule has 1 aliphatic heterocycles. The van der Waals surface area contributed by atoms with Crippen LogP contribution in [0.1, 0.15) is 35.8 Å². The van der Waals surface area contributed by atoms with Gasteiger partial charge in [0.15, 0.2) is 0 Å². The van der Waals surface area contributed by atoms with E-state index in [0.29, 0.717) is 24.7 Å². The summed E-state index contributed by atoms with van der Waals surface area (Å²) in [5.74, 6) is -0.717. The summed E-state index contributed by atoms with van der Waals surface area (Å²) in [6, 6.07) is 3.91. The number of esters is 1. The van der Waals surface area contributed by atoms with Crippen LogP contribution in [0.4, 0.5) is 0 Å². The third-order valence-electron chi connectivity index (χ3n) is 4.02. The Morgan fingerprint density at radius 1 is 1.43 bits per heavy atom. The zero-order valence-corrected chi connectivity index (χ0v) is 12.4. The van der Waals surface area contributed by atoms with Crippen molar-refractivity contribution in [3.8, 4) is 0 Å². The van der Waals surface area contributed by atoms with Gasteiger partial charge in [-0.2, -0.15) is 0 Å². The topological polar surface area (TPSA) is 85.5 Å². The number of amides is 1. The van der Waals surface area contributed by atoms with E-state index in [4.69, 9.17) is 5.73 Å². The predicted molar refractivity (Wildman–Crippen MR) is 77.4 cm³/mol. The van der Waals surface area contributed by atoms with Crippen molar-refractivity contribution in [3.63, 3.8) is 0 Å². The van der Waals surface area contributed by atoms with Gasteiger partial charge in [0.1, 0.15) is 0 Å². The predicted octanol–water partition coefficient (Wildman–Crippen LogP) is 0.954. The number of ether oxygens (including phenoxy) is 1. The summed E-state index contributed by atoms with van der Waals surface area (Å²) < 4.78 is 4.64. The lowest BCUT2D eigenvalue weighted by Gasteiger charge is -2.36. The molecule has 1 amide bonds. The van der Waals surface area contributed by atoms with Crippen molar-refractivity contribution < 1.29 is 14.3 Å². The fourth-order valence-corrected chi connectivity index (χ4v) is 2.60. The summed E-state index contributed by atoms with van der Waals surface area (Å²) in [4.78, 5) is 29.2. The summed E-state index contributed by atoms with van der Waals surface area (Å²) in [7, 11) is 1.34. The lowest BCUT2D eigenvalue weighted by atomic mass is 9.93.